The average molecular weight is 264 g/mol. The van der Waals surface area contributed by atoms with Crippen LogP contribution in [0.2, 0.25) is 0 Å². The van der Waals surface area contributed by atoms with Crippen molar-refractivity contribution < 1.29 is 9.53 Å². The van der Waals surface area contributed by atoms with Crippen LogP contribution in [-0.2, 0) is 0 Å². The van der Waals surface area contributed by atoms with Gasteiger partial charge < -0.3 is 4.74 Å². The van der Waals surface area contributed by atoms with Crippen molar-refractivity contribution >= 4 is 5.78 Å². The molecular formula is C18H16O2. The van der Waals surface area contributed by atoms with Crippen molar-refractivity contribution in [2.75, 3.05) is 6.61 Å². The van der Waals surface area contributed by atoms with E-state index >= 15 is 0 Å². The maximum absolute atomic E-state index is 11.5. The molecule has 0 saturated carbocycles. The molecule has 0 saturated heterocycles. The Kier molecular flexibility index (Phi) is 4.97. The van der Waals surface area contributed by atoms with Gasteiger partial charge in [-0.15, -0.1) is 0 Å². The highest BCUT2D eigenvalue weighted by atomic mass is 16.5. The molecule has 0 unspecified atom stereocenters. The van der Waals surface area contributed by atoms with E-state index in [2.05, 4.69) is 11.8 Å². The zero-order chi connectivity index (χ0) is 14.2. The Bertz CT molecular complexity index is 616. The number of carbonyl (C=O) groups is 1. The van der Waals surface area contributed by atoms with Gasteiger partial charge >= 0.3 is 0 Å². The van der Waals surface area contributed by atoms with E-state index in [0.717, 1.165) is 16.9 Å². The predicted octanol–water partition coefficient (Wildman–Crippen LogP) is 3.71. The van der Waals surface area contributed by atoms with Crippen molar-refractivity contribution in [3.8, 4) is 17.6 Å². The molecule has 0 aromatic heterocycles. The highest BCUT2D eigenvalue weighted by Crippen LogP contribution is 2.13. The first kappa shape index (κ1) is 13.9. The van der Waals surface area contributed by atoms with Crippen LogP contribution in [0.25, 0.3) is 0 Å². The average Bonchev–Trinajstić information content (AvgIpc) is 2.52. The van der Waals surface area contributed by atoms with Crippen LogP contribution in [0.5, 0.6) is 5.75 Å². The molecule has 2 aromatic carbocycles. The zero-order valence-electron chi connectivity index (χ0n) is 11.4. The number of hydrogen-bond acceptors (Lipinski definition) is 2. The Morgan fingerprint density at radius 1 is 1.05 bits per heavy atom. The number of benzene rings is 2. The predicted molar refractivity (Wildman–Crippen MR) is 79.9 cm³/mol. The summed E-state index contributed by atoms with van der Waals surface area (Å²) in [5.41, 5.74) is 1.69. The number of rotatable bonds is 4. The largest absolute Gasteiger partial charge is 0.481 e. The molecular weight excluding hydrogens is 248 g/mol. The van der Waals surface area contributed by atoms with Crippen molar-refractivity contribution in [2.45, 2.75) is 13.3 Å². The fourth-order valence-corrected chi connectivity index (χ4v) is 1.72. The van der Waals surface area contributed by atoms with Crippen LogP contribution >= 0.6 is 0 Å². The normalized spacial score (nSPS) is 9.45. The molecule has 0 fully saturated rings. The van der Waals surface area contributed by atoms with E-state index in [1.807, 2.05) is 37.3 Å². The van der Waals surface area contributed by atoms with Gasteiger partial charge in [0.2, 0.25) is 0 Å². The molecule has 0 aliphatic rings. The molecule has 0 radical (unpaired) electrons. The maximum Gasteiger partial charge on any atom is 0.162 e. The minimum atomic E-state index is 0.139. The second kappa shape index (κ2) is 7.16. The summed E-state index contributed by atoms with van der Waals surface area (Å²) in [5.74, 6) is 6.85. The smallest absolute Gasteiger partial charge is 0.162 e. The number of ketones is 1. The number of hydrogen-bond donors (Lipinski definition) is 0. The highest BCUT2D eigenvalue weighted by Gasteiger charge is 2.02. The fourth-order valence-electron chi connectivity index (χ4n) is 1.72. The second-order valence-electron chi connectivity index (χ2n) is 4.26. The van der Waals surface area contributed by atoms with Crippen molar-refractivity contribution in [3.63, 3.8) is 0 Å². The van der Waals surface area contributed by atoms with E-state index < -0.39 is 0 Å². The summed E-state index contributed by atoms with van der Waals surface area (Å²) in [7, 11) is 0. The Morgan fingerprint density at radius 2 is 1.75 bits per heavy atom. The lowest BCUT2D eigenvalue weighted by molar-refractivity contribution is 0.0988. The van der Waals surface area contributed by atoms with Gasteiger partial charge in [0.05, 0.1) is 0 Å². The molecule has 0 aliphatic carbocycles. The minimum Gasteiger partial charge on any atom is -0.481 e. The molecule has 2 rings (SSSR count). The molecule has 0 aliphatic heterocycles. The van der Waals surface area contributed by atoms with Crippen LogP contribution in [0.1, 0.15) is 29.3 Å². The fraction of sp³-hybridized carbons (Fsp3) is 0.167. The standard InChI is InChI=1S/C18H16O2/c1-2-18(19)16-10-12-17(13-11-16)20-14-6-9-15-7-4-3-5-8-15/h3-5,7-8,10-13H,2,14H2,1H3. The minimum absolute atomic E-state index is 0.139. The van der Waals surface area contributed by atoms with Crippen molar-refractivity contribution in [2.24, 2.45) is 0 Å². The summed E-state index contributed by atoms with van der Waals surface area (Å²) >= 11 is 0. The van der Waals surface area contributed by atoms with E-state index in [1.54, 1.807) is 24.3 Å². The van der Waals surface area contributed by atoms with Gasteiger partial charge in [0.25, 0.3) is 0 Å². The van der Waals surface area contributed by atoms with Gasteiger partial charge in [0, 0.05) is 17.5 Å². The van der Waals surface area contributed by atoms with Gasteiger partial charge in [-0.2, -0.15) is 0 Å². The van der Waals surface area contributed by atoms with E-state index in [9.17, 15) is 4.79 Å². The molecule has 0 amide bonds. The molecule has 2 aromatic rings. The zero-order valence-corrected chi connectivity index (χ0v) is 11.4. The highest BCUT2D eigenvalue weighted by molar-refractivity contribution is 5.95. The van der Waals surface area contributed by atoms with Crippen LogP contribution in [-0.4, -0.2) is 12.4 Å². The van der Waals surface area contributed by atoms with E-state index in [1.165, 1.54) is 0 Å². The first-order chi connectivity index (χ1) is 9.79. The van der Waals surface area contributed by atoms with E-state index in [-0.39, 0.29) is 5.78 Å². The Labute approximate surface area is 119 Å². The van der Waals surface area contributed by atoms with E-state index in [4.69, 9.17) is 4.74 Å². The van der Waals surface area contributed by atoms with Gasteiger partial charge in [0.1, 0.15) is 12.4 Å². The summed E-state index contributed by atoms with van der Waals surface area (Å²) in [5, 5.41) is 0. The lowest BCUT2D eigenvalue weighted by Gasteiger charge is -2.03. The van der Waals surface area contributed by atoms with Crippen molar-refractivity contribution in [1.29, 1.82) is 0 Å². The molecule has 2 nitrogen and oxygen atoms in total. The molecule has 100 valence electrons. The molecule has 2 heteroatoms. The summed E-state index contributed by atoms with van der Waals surface area (Å²) in [6.45, 7) is 2.18. The van der Waals surface area contributed by atoms with Crippen LogP contribution < -0.4 is 4.74 Å². The van der Waals surface area contributed by atoms with Crippen LogP contribution in [0.3, 0.4) is 0 Å². The molecule has 0 heterocycles. The van der Waals surface area contributed by atoms with Gasteiger partial charge in [-0.1, -0.05) is 37.0 Å². The number of Topliss-reactive ketones (excluding diaryl/α,β-unsaturated/α-hetero) is 1. The van der Waals surface area contributed by atoms with Crippen LogP contribution in [0, 0.1) is 11.8 Å². The summed E-state index contributed by atoms with van der Waals surface area (Å²) in [4.78, 5) is 11.5. The van der Waals surface area contributed by atoms with Gasteiger partial charge in [-0.3, -0.25) is 4.79 Å². The summed E-state index contributed by atoms with van der Waals surface area (Å²) in [6.07, 6.45) is 0.517. The van der Waals surface area contributed by atoms with Gasteiger partial charge in [-0.25, -0.2) is 0 Å². The third-order valence-corrected chi connectivity index (χ3v) is 2.81. The van der Waals surface area contributed by atoms with Crippen LogP contribution in [0.4, 0.5) is 0 Å². The number of ether oxygens (including phenoxy) is 1. The summed E-state index contributed by atoms with van der Waals surface area (Å²) in [6, 6.07) is 16.9. The molecule has 0 atom stereocenters. The van der Waals surface area contributed by atoms with Crippen LogP contribution in [0.15, 0.2) is 54.6 Å². The number of carbonyl (C=O) groups excluding carboxylic acids is 1. The second-order valence-corrected chi connectivity index (χ2v) is 4.26. The SMILES string of the molecule is CCC(=O)c1ccc(OCC#Cc2ccccc2)cc1. The Hall–Kier alpha value is -2.53. The Balaban J connectivity index is 1.89. The van der Waals surface area contributed by atoms with E-state index in [0.29, 0.717) is 13.0 Å². The third kappa shape index (κ3) is 4.00. The molecule has 0 spiro atoms. The first-order valence-electron chi connectivity index (χ1n) is 6.59. The Morgan fingerprint density at radius 3 is 2.40 bits per heavy atom. The maximum atomic E-state index is 11.5. The van der Waals surface area contributed by atoms with Gasteiger partial charge in [-0.05, 0) is 36.4 Å². The lowest BCUT2D eigenvalue weighted by atomic mass is 10.1. The summed E-state index contributed by atoms with van der Waals surface area (Å²) < 4.78 is 5.51. The van der Waals surface area contributed by atoms with Crippen molar-refractivity contribution in [1.82, 2.24) is 0 Å². The molecule has 20 heavy (non-hydrogen) atoms. The third-order valence-electron chi connectivity index (χ3n) is 2.81. The quantitative estimate of drug-likeness (QED) is 0.621. The topological polar surface area (TPSA) is 26.3 Å². The first-order valence-corrected chi connectivity index (χ1v) is 6.59. The molecule has 0 N–H and O–H groups in total. The van der Waals surface area contributed by atoms with Gasteiger partial charge in [0.15, 0.2) is 5.78 Å². The molecule has 0 bridgehead atoms. The lowest BCUT2D eigenvalue weighted by Crippen LogP contribution is -1.97. The monoisotopic (exact) mass is 264 g/mol. The van der Waals surface area contributed by atoms with Crippen molar-refractivity contribution in [3.05, 3.63) is 65.7 Å².